The molecular formula is C19H20N6O. The molecule has 2 heterocycles. The zero-order valence-electron chi connectivity index (χ0n) is 14.4. The summed E-state index contributed by atoms with van der Waals surface area (Å²) in [6, 6.07) is 8.03. The Morgan fingerprint density at radius 1 is 1.12 bits per heavy atom. The Kier molecular flexibility index (Phi) is 5.07. The third-order valence-corrected chi connectivity index (χ3v) is 3.95. The number of nitrogens with zero attached hydrogens (tertiary/aromatic N) is 4. The number of hydrogen-bond donors (Lipinski definition) is 2. The molecule has 1 amide bonds. The van der Waals surface area contributed by atoms with Gasteiger partial charge in [-0.05, 0) is 24.3 Å². The molecule has 0 fully saturated rings. The molecule has 26 heavy (non-hydrogen) atoms. The van der Waals surface area contributed by atoms with Gasteiger partial charge in [-0.15, -0.1) is 13.2 Å². The lowest BCUT2D eigenvalue weighted by molar-refractivity contribution is -0.113. The van der Waals surface area contributed by atoms with Crippen molar-refractivity contribution in [2.24, 2.45) is 20.7 Å². The van der Waals surface area contributed by atoms with Crippen molar-refractivity contribution in [3.63, 3.8) is 0 Å². The van der Waals surface area contributed by atoms with Crippen molar-refractivity contribution in [2.45, 2.75) is 0 Å². The van der Waals surface area contributed by atoms with Gasteiger partial charge in [0.15, 0.2) is 5.84 Å². The number of benzene rings is 1. The Bertz CT molecular complexity index is 851. The quantitative estimate of drug-likeness (QED) is 0.702. The number of fused-ring (bicyclic) bond motifs is 1. The number of nitrogens with one attached hydrogen (secondary N) is 1. The molecular weight excluding hydrogens is 328 g/mol. The molecule has 7 nitrogen and oxygen atoms in total. The Balaban J connectivity index is 1.68. The Morgan fingerprint density at radius 3 is 2.46 bits per heavy atom. The van der Waals surface area contributed by atoms with E-state index >= 15 is 0 Å². The monoisotopic (exact) mass is 348 g/mol. The van der Waals surface area contributed by atoms with Crippen LogP contribution in [-0.4, -0.2) is 43.6 Å². The van der Waals surface area contributed by atoms with Crippen LogP contribution in [-0.2, 0) is 4.79 Å². The number of guanidine groups is 1. The van der Waals surface area contributed by atoms with Crippen LogP contribution >= 0.6 is 0 Å². The van der Waals surface area contributed by atoms with Crippen molar-refractivity contribution >= 4 is 35.3 Å². The maximum Gasteiger partial charge on any atom is 0.284 e. The summed E-state index contributed by atoms with van der Waals surface area (Å²) in [4.78, 5) is 26.0. The average Bonchev–Trinajstić information content (AvgIpc) is 3.03. The number of hydrogen-bond acceptors (Lipinski definition) is 6. The largest absolute Gasteiger partial charge is 0.381 e. The molecule has 3 N–H and O–H groups in total. The van der Waals surface area contributed by atoms with Gasteiger partial charge >= 0.3 is 0 Å². The minimum Gasteiger partial charge on any atom is -0.381 e. The van der Waals surface area contributed by atoms with E-state index in [1.165, 1.54) is 0 Å². The van der Waals surface area contributed by atoms with Crippen LogP contribution in [0, 0.1) is 0 Å². The first-order valence-corrected chi connectivity index (χ1v) is 8.18. The number of amidine groups is 1. The summed E-state index contributed by atoms with van der Waals surface area (Å²) in [5, 5.41) is 3.29. The molecule has 0 radical (unpaired) electrons. The molecule has 2 aliphatic heterocycles. The highest BCUT2D eigenvalue weighted by atomic mass is 16.1. The van der Waals surface area contributed by atoms with Gasteiger partial charge in [0.05, 0.1) is 5.57 Å². The smallest absolute Gasteiger partial charge is 0.284 e. The molecule has 0 unspecified atom stereocenters. The zero-order chi connectivity index (χ0) is 18.5. The summed E-state index contributed by atoms with van der Waals surface area (Å²) >= 11 is 0. The fraction of sp³-hybridized carbons (Fsp3) is 0.158. The van der Waals surface area contributed by atoms with Crippen LogP contribution in [0.2, 0.25) is 0 Å². The van der Waals surface area contributed by atoms with Crippen LogP contribution in [0.5, 0.6) is 0 Å². The minimum absolute atomic E-state index is 0.0562. The molecule has 0 aliphatic carbocycles. The molecule has 7 heteroatoms. The molecule has 3 rings (SSSR count). The second-order valence-electron chi connectivity index (χ2n) is 5.75. The van der Waals surface area contributed by atoms with Gasteiger partial charge in [0.1, 0.15) is 0 Å². The van der Waals surface area contributed by atoms with Gasteiger partial charge in [-0.1, -0.05) is 12.2 Å². The predicted octanol–water partition coefficient (Wildman–Crippen LogP) is 1.91. The standard InChI is InChI=1S/C19H20N6O/c1-3-9-25(10-4-2)15-7-5-14(6-8-15)21-11-13-12-22-17-16(13)18(26)24-19(20)23-17/h3-8,12,21H,1-2,9-11H2,(H2,20,24,26). The molecule has 0 atom stereocenters. The molecule has 0 saturated carbocycles. The van der Waals surface area contributed by atoms with Gasteiger partial charge in [0.2, 0.25) is 5.96 Å². The first kappa shape index (κ1) is 17.3. The van der Waals surface area contributed by atoms with Crippen molar-refractivity contribution in [1.29, 1.82) is 0 Å². The highest BCUT2D eigenvalue weighted by Gasteiger charge is 2.27. The van der Waals surface area contributed by atoms with Gasteiger partial charge in [0.25, 0.3) is 5.91 Å². The van der Waals surface area contributed by atoms with Crippen molar-refractivity contribution in [2.75, 3.05) is 29.9 Å². The SMILES string of the molecule is C=CCN(CC=C)c1ccc(NCC2=C3C(=O)N=C(N)N=C3N=C2)cc1. The second kappa shape index (κ2) is 7.60. The van der Waals surface area contributed by atoms with Crippen molar-refractivity contribution in [1.82, 2.24) is 0 Å². The number of carbonyl (C=O) groups excluding carboxylic acids is 1. The molecule has 0 saturated heterocycles. The number of carbonyl (C=O) groups is 1. The summed E-state index contributed by atoms with van der Waals surface area (Å²) in [5.41, 5.74) is 8.66. The average molecular weight is 348 g/mol. The van der Waals surface area contributed by atoms with E-state index in [9.17, 15) is 4.79 Å². The van der Waals surface area contributed by atoms with Crippen LogP contribution in [0.15, 0.2) is 75.7 Å². The van der Waals surface area contributed by atoms with Crippen LogP contribution in [0.25, 0.3) is 0 Å². The van der Waals surface area contributed by atoms with Gasteiger partial charge in [-0.25, -0.2) is 4.99 Å². The Morgan fingerprint density at radius 2 is 1.81 bits per heavy atom. The van der Waals surface area contributed by atoms with E-state index in [1.807, 2.05) is 36.4 Å². The topological polar surface area (TPSA) is 95.4 Å². The van der Waals surface area contributed by atoms with E-state index in [0.29, 0.717) is 18.0 Å². The fourth-order valence-electron chi connectivity index (χ4n) is 2.74. The van der Waals surface area contributed by atoms with E-state index in [-0.39, 0.29) is 5.96 Å². The molecule has 0 aromatic heterocycles. The summed E-state index contributed by atoms with van der Waals surface area (Å²) in [6.07, 6.45) is 5.34. The number of anilines is 2. The van der Waals surface area contributed by atoms with Gasteiger partial charge in [-0.2, -0.15) is 9.98 Å². The number of rotatable bonds is 8. The molecule has 0 bridgehead atoms. The van der Waals surface area contributed by atoms with Crippen molar-refractivity contribution in [3.05, 3.63) is 60.7 Å². The Labute approximate surface area is 152 Å². The van der Waals surface area contributed by atoms with Gasteiger partial charge in [0, 0.05) is 42.8 Å². The summed E-state index contributed by atoms with van der Waals surface area (Å²) in [7, 11) is 0. The van der Waals surface area contributed by atoms with Gasteiger partial charge in [-0.3, -0.25) is 4.79 Å². The van der Waals surface area contributed by atoms with E-state index in [2.05, 4.69) is 38.4 Å². The lowest BCUT2D eigenvalue weighted by Crippen LogP contribution is -2.23. The van der Waals surface area contributed by atoms with E-state index in [4.69, 9.17) is 5.73 Å². The predicted molar refractivity (Wildman–Crippen MR) is 107 cm³/mol. The van der Waals surface area contributed by atoms with Crippen molar-refractivity contribution in [3.8, 4) is 0 Å². The lowest BCUT2D eigenvalue weighted by Gasteiger charge is -2.22. The third-order valence-electron chi connectivity index (χ3n) is 3.95. The molecule has 1 aromatic rings. The normalized spacial score (nSPS) is 15.3. The first-order chi connectivity index (χ1) is 12.6. The minimum atomic E-state index is -0.401. The van der Waals surface area contributed by atoms with Crippen LogP contribution < -0.4 is 16.0 Å². The highest BCUT2D eigenvalue weighted by molar-refractivity contribution is 6.34. The fourth-order valence-corrected chi connectivity index (χ4v) is 2.74. The van der Waals surface area contributed by atoms with E-state index in [1.54, 1.807) is 6.21 Å². The summed E-state index contributed by atoms with van der Waals surface area (Å²) in [6.45, 7) is 9.51. The third kappa shape index (κ3) is 3.61. The van der Waals surface area contributed by atoms with Crippen LogP contribution in [0.1, 0.15) is 0 Å². The van der Waals surface area contributed by atoms with Crippen LogP contribution in [0.3, 0.4) is 0 Å². The molecule has 0 spiro atoms. The number of nitrogens with two attached hydrogens (primary N) is 1. The summed E-state index contributed by atoms with van der Waals surface area (Å²) in [5.74, 6) is -0.125. The maximum absolute atomic E-state index is 12.0. The summed E-state index contributed by atoms with van der Waals surface area (Å²) < 4.78 is 0. The molecule has 1 aromatic carbocycles. The number of aliphatic imine (C=N–C) groups is 3. The maximum atomic E-state index is 12.0. The number of amides is 1. The van der Waals surface area contributed by atoms with E-state index < -0.39 is 5.91 Å². The highest BCUT2D eigenvalue weighted by Crippen LogP contribution is 2.21. The first-order valence-electron chi connectivity index (χ1n) is 8.18. The second-order valence-corrected chi connectivity index (χ2v) is 5.75. The Hall–Kier alpha value is -3.48. The van der Waals surface area contributed by atoms with Crippen molar-refractivity contribution < 1.29 is 4.79 Å². The molecule has 132 valence electrons. The molecule has 2 aliphatic rings. The lowest BCUT2D eigenvalue weighted by atomic mass is 10.1. The van der Waals surface area contributed by atoms with Gasteiger partial charge < -0.3 is 16.0 Å². The zero-order valence-corrected chi connectivity index (χ0v) is 14.4. The van der Waals surface area contributed by atoms with E-state index in [0.717, 1.165) is 30.0 Å². The van der Waals surface area contributed by atoms with Crippen LogP contribution in [0.4, 0.5) is 11.4 Å².